The quantitative estimate of drug-likeness (QED) is 0.392. The fourth-order valence-corrected chi connectivity index (χ4v) is 5.04. The number of fused-ring (bicyclic) bond motifs is 2. The summed E-state index contributed by atoms with van der Waals surface area (Å²) >= 11 is 0. The highest BCUT2D eigenvalue weighted by Crippen LogP contribution is 2.44. The SMILES string of the molecule is Cn1c(Nc2cc(-c3nc(N4CCNCC4)c4c(C5CC5)cncc4n3)ccn2)nc2ccccc21. The Bertz CT molecular complexity index is 1580. The van der Waals surface area contributed by atoms with Crippen molar-refractivity contribution in [3.63, 3.8) is 0 Å². The lowest BCUT2D eigenvalue weighted by Crippen LogP contribution is -2.44. The Morgan fingerprint density at radius 3 is 2.67 bits per heavy atom. The third-order valence-electron chi connectivity index (χ3n) is 7.10. The second-order valence-electron chi connectivity index (χ2n) is 9.54. The van der Waals surface area contributed by atoms with Crippen LogP contribution >= 0.6 is 0 Å². The molecule has 0 spiro atoms. The molecule has 5 heterocycles. The molecule has 36 heavy (non-hydrogen) atoms. The van der Waals surface area contributed by atoms with Gasteiger partial charge in [-0.15, -0.1) is 0 Å². The minimum absolute atomic E-state index is 0.572. The molecule has 9 heteroatoms. The summed E-state index contributed by atoms with van der Waals surface area (Å²) in [4.78, 5) is 26.3. The number of para-hydroxylation sites is 2. The number of hydrogen-bond acceptors (Lipinski definition) is 8. The number of aromatic nitrogens is 6. The lowest BCUT2D eigenvalue weighted by Gasteiger charge is -2.30. The Balaban J connectivity index is 1.31. The summed E-state index contributed by atoms with van der Waals surface area (Å²) in [5.74, 6) is 3.70. The third kappa shape index (κ3) is 3.72. The van der Waals surface area contributed by atoms with Gasteiger partial charge in [0, 0.05) is 56.6 Å². The van der Waals surface area contributed by atoms with E-state index in [1.165, 1.54) is 18.4 Å². The van der Waals surface area contributed by atoms with E-state index >= 15 is 0 Å². The first-order valence-electron chi connectivity index (χ1n) is 12.5. The van der Waals surface area contributed by atoms with E-state index < -0.39 is 0 Å². The van der Waals surface area contributed by atoms with Crippen LogP contribution in [0.15, 0.2) is 55.0 Å². The Morgan fingerprint density at radius 1 is 0.972 bits per heavy atom. The first-order valence-corrected chi connectivity index (χ1v) is 12.5. The number of anilines is 3. The Kier molecular flexibility index (Phi) is 5.02. The number of benzene rings is 1. The number of pyridine rings is 2. The van der Waals surface area contributed by atoms with Gasteiger partial charge in [0.2, 0.25) is 5.95 Å². The van der Waals surface area contributed by atoms with Crippen LogP contribution in [0.2, 0.25) is 0 Å². The molecule has 1 aliphatic heterocycles. The van der Waals surface area contributed by atoms with Crippen LogP contribution in [-0.2, 0) is 7.05 Å². The van der Waals surface area contributed by atoms with E-state index in [-0.39, 0.29) is 0 Å². The van der Waals surface area contributed by atoms with Crippen molar-refractivity contribution in [2.24, 2.45) is 7.05 Å². The molecule has 180 valence electrons. The van der Waals surface area contributed by atoms with E-state index in [0.717, 1.165) is 65.4 Å². The van der Waals surface area contributed by atoms with E-state index in [2.05, 4.69) is 31.6 Å². The molecule has 1 aromatic carbocycles. The van der Waals surface area contributed by atoms with Gasteiger partial charge in [0.25, 0.3) is 0 Å². The van der Waals surface area contributed by atoms with Crippen LogP contribution in [0.4, 0.5) is 17.6 Å². The van der Waals surface area contributed by atoms with Crippen molar-refractivity contribution in [1.29, 1.82) is 0 Å². The molecule has 0 atom stereocenters. The molecule has 9 nitrogen and oxygen atoms in total. The minimum Gasteiger partial charge on any atom is -0.353 e. The van der Waals surface area contributed by atoms with E-state index in [4.69, 9.17) is 15.0 Å². The van der Waals surface area contributed by atoms with Crippen LogP contribution < -0.4 is 15.5 Å². The second-order valence-corrected chi connectivity index (χ2v) is 9.54. The molecule has 1 saturated carbocycles. The highest BCUT2D eigenvalue weighted by Gasteiger charge is 2.29. The van der Waals surface area contributed by atoms with Crippen LogP contribution in [0.3, 0.4) is 0 Å². The van der Waals surface area contributed by atoms with Crippen molar-refractivity contribution in [2.45, 2.75) is 18.8 Å². The fraction of sp³-hybridized carbons (Fsp3) is 0.296. The molecule has 7 rings (SSSR count). The molecule has 2 aliphatic rings. The number of nitrogens with zero attached hydrogens (tertiary/aromatic N) is 7. The number of piperazine rings is 1. The van der Waals surface area contributed by atoms with Crippen LogP contribution in [0.25, 0.3) is 33.3 Å². The zero-order valence-corrected chi connectivity index (χ0v) is 20.1. The average Bonchev–Trinajstić information content (AvgIpc) is 3.73. The van der Waals surface area contributed by atoms with Gasteiger partial charge in [-0.2, -0.15) is 0 Å². The first-order chi connectivity index (χ1) is 17.7. The Labute approximate surface area is 208 Å². The van der Waals surface area contributed by atoms with Crippen LogP contribution in [0, 0.1) is 0 Å². The van der Waals surface area contributed by atoms with Crippen LogP contribution in [-0.4, -0.2) is 55.7 Å². The van der Waals surface area contributed by atoms with Crippen molar-refractivity contribution in [3.8, 4) is 11.4 Å². The summed E-state index contributed by atoms with van der Waals surface area (Å²) in [6.07, 6.45) is 8.10. The third-order valence-corrected chi connectivity index (χ3v) is 7.10. The van der Waals surface area contributed by atoms with Crippen molar-refractivity contribution < 1.29 is 0 Å². The van der Waals surface area contributed by atoms with Crippen LogP contribution in [0.5, 0.6) is 0 Å². The highest BCUT2D eigenvalue weighted by atomic mass is 15.2. The summed E-state index contributed by atoms with van der Waals surface area (Å²) in [5, 5.41) is 7.98. The lowest BCUT2D eigenvalue weighted by molar-refractivity contribution is 0.586. The Morgan fingerprint density at radius 2 is 1.83 bits per heavy atom. The topological polar surface area (TPSA) is 96.7 Å². The molecule has 2 N–H and O–H groups in total. The summed E-state index contributed by atoms with van der Waals surface area (Å²) in [5.41, 5.74) is 5.09. The maximum Gasteiger partial charge on any atom is 0.209 e. The van der Waals surface area contributed by atoms with Gasteiger partial charge in [-0.05, 0) is 48.6 Å². The van der Waals surface area contributed by atoms with Crippen LogP contribution in [0.1, 0.15) is 24.3 Å². The molecule has 0 amide bonds. The lowest BCUT2D eigenvalue weighted by atomic mass is 10.1. The summed E-state index contributed by atoms with van der Waals surface area (Å²) in [6, 6.07) is 12.0. The molecule has 4 aromatic heterocycles. The van der Waals surface area contributed by atoms with Gasteiger partial charge in [-0.3, -0.25) is 4.98 Å². The number of imidazole rings is 1. The smallest absolute Gasteiger partial charge is 0.209 e. The summed E-state index contributed by atoms with van der Waals surface area (Å²) in [6.45, 7) is 3.75. The molecule has 1 saturated heterocycles. The molecule has 2 fully saturated rings. The molecule has 0 radical (unpaired) electrons. The van der Waals surface area contributed by atoms with Crippen molar-refractivity contribution in [3.05, 3.63) is 60.6 Å². The fourth-order valence-electron chi connectivity index (χ4n) is 5.04. The first kappa shape index (κ1) is 21.2. The second kappa shape index (κ2) is 8.53. The maximum absolute atomic E-state index is 5.15. The molecule has 0 unspecified atom stereocenters. The van der Waals surface area contributed by atoms with Crippen molar-refractivity contribution >= 4 is 39.5 Å². The van der Waals surface area contributed by atoms with E-state index in [1.807, 2.05) is 54.3 Å². The molecule has 0 bridgehead atoms. The number of aryl methyl sites for hydroxylation is 1. The molecule has 1 aliphatic carbocycles. The number of nitrogens with one attached hydrogen (secondary N) is 2. The van der Waals surface area contributed by atoms with Gasteiger partial charge < -0.3 is 20.1 Å². The van der Waals surface area contributed by atoms with Gasteiger partial charge in [0.15, 0.2) is 5.82 Å². The summed E-state index contributed by atoms with van der Waals surface area (Å²) in [7, 11) is 2.00. The van der Waals surface area contributed by atoms with Gasteiger partial charge >= 0.3 is 0 Å². The number of hydrogen-bond donors (Lipinski definition) is 2. The normalized spacial score (nSPS) is 16.1. The molecular weight excluding hydrogens is 450 g/mol. The van der Waals surface area contributed by atoms with E-state index in [0.29, 0.717) is 17.6 Å². The molecular formula is C27H27N9. The highest BCUT2D eigenvalue weighted by molar-refractivity contribution is 5.94. The largest absolute Gasteiger partial charge is 0.353 e. The van der Waals surface area contributed by atoms with Gasteiger partial charge in [0.1, 0.15) is 11.6 Å². The van der Waals surface area contributed by atoms with Crippen molar-refractivity contribution in [1.82, 2.24) is 34.8 Å². The minimum atomic E-state index is 0.572. The predicted octanol–water partition coefficient (Wildman–Crippen LogP) is 4.00. The van der Waals surface area contributed by atoms with Crippen molar-refractivity contribution in [2.75, 3.05) is 36.4 Å². The van der Waals surface area contributed by atoms with Gasteiger partial charge in [-0.25, -0.2) is 19.9 Å². The average molecular weight is 478 g/mol. The predicted molar refractivity (Wildman–Crippen MR) is 142 cm³/mol. The van der Waals surface area contributed by atoms with E-state index in [1.54, 1.807) is 6.20 Å². The van der Waals surface area contributed by atoms with Gasteiger partial charge in [0.05, 0.1) is 22.7 Å². The maximum atomic E-state index is 5.15. The zero-order valence-electron chi connectivity index (χ0n) is 20.1. The standard InChI is InChI=1S/C27H27N9/c1-35-22-5-3-2-4-20(22)32-27(35)33-23-14-18(8-9-30-23)25-31-21-16-29-15-19(17-6-7-17)24(21)26(34-25)36-12-10-28-11-13-36/h2-5,8-9,14-17,28H,6-7,10-13H2,1H3,(H,30,32,33). The molecule has 5 aromatic rings. The Hall–Kier alpha value is -4.11. The number of rotatable bonds is 5. The zero-order chi connectivity index (χ0) is 24.1. The van der Waals surface area contributed by atoms with E-state index in [9.17, 15) is 0 Å². The monoisotopic (exact) mass is 477 g/mol. The van der Waals surface area contributed by atoms with Gasteiger partial charge in [-0.1, -0.05) is 12.1 Å². The summed E-state index contributed by atoms with van der Waals surface area (Å²) < 4.78 is 2.03.